The van der Waals surface area contributed by atoms with E-state index >= 15 is 0 Å². The average Bonchev–Trinajstić information content (AvgIpc) is 2.85. The van der Waals surface area contributed by atoms with Gasteiger partial charge in [-0.25, -0.2) is 4.98 Å². The van der Waals surface area contributed by atoms with Crippen LogP contribution >= 0.6 is 11.6 Å². The Morgan fingerprint density at radius 3 is 2.37 bits per heavy atom. The van der Waals surface area contributed by atoms with Crippen molar-refractivity contribution < 1.29 is 14.3 Å². The first-order valence-electron chi connectivity index (χ1n) is 12.0. The number of halogens is 1. The first-order chi connectivity index (χ1) is 16.6. The first-order valence-corrected chi connectivity index (χ1v) is 12.4. The fraction of sp³-hybridized carbons (Fsp3) is 0.519. The number of aldehydes is 1. The number of nitrogens with one attached hydrogen (secondary N) is 1. The van der Waals surface area contributed by atoms with Gasteiger partial charge in [-0.15, -0.1) is 0 Å². The molecule has 1 N–H and O–H groups in total. The minimum atomic E-state index is -0.357. The van der Waals surface area contributed by atoms with E-state index in [2.05, 4.69) is 43.0 Å². The molecule has 2 aliphatic carbocycles. The number of benzene rings is 1. The van der Waals surface area contributed by atoms with Gasteiger partial charge in [-0.1, -0.05) is 39.3 Å². The molecule has 4 rings (SSSR count). The summed E-state index contributed by atoms with van der Waals surface area (Å²) in [5, 5.41) is 12.6. The highest BCUT2D eigenvalue weighted by Crippen LogP contribution is 2.55. The van der Waals surface area contributed by atoms with Crippen molar-refractivity contribution in [2.24, 2.45) is 16.7 Å². The van der Waals surface area contributed by atoms with Crippen LogP contribution in [-0.2, 0) is 4.79 Å². The van der Waals surface area contributed by atoms with Gasteiger partial charge in [0.2, 0.25) is 0 Å². The molecule has 0 unspecified atom stereocenters. The van der Waals surface area contributed by atoms with Gasteiger partial charge in [0.1, 0.15) is 29.9 Å². The monoisotopic (exact) mass is 494 g/mol. The van der Waals surface area contributed by atoms with Crippen LogP contribution in [0.25, 0.3) is 0 Å². The van der Waals surface area contributed by atoms with Crippen molar-refractivity contribution >= 4 is 23.8 Å². The number of aromatic nitrogens is 2. The van der Waals surface area contributed by atoms with Crippen molar-refractivity contribution in [3.05, 3.63) is 52.6 Å². The molecule has 0 saturated heterocycles. The molecule has 2 fully saturated rings. The summed E-state index contributed by atoms with van der Waals surface area (Å²) in [6.07, 6.45) is 7.69. The second-order valence-corrected chi connectivity index (χ2v) is 11.3. The summed E-state index contributed by atoms with van der Waals surface area (Å²) >= 11 is 6.17. The summed E-state index contributed by atoms with van der Waals surface area (Å²) in [7, 11) is 0. The third-order valence-corrected chi connectivity index (χ3v) is 8.03. The maximum absolute atomic E-state index is 13.0. The Kier molecular flexibility index (Phi) is 6.88. The Balaban J connectivity index is 1.41. The highest BCUT2D eigenvalue weighted by Gasteiger charge is 2.64. The molecule has 2 aliphatic rings. The second-order valence-electron chi connectivity index (χ2n) is 10.9. The molecule has 1 aromatic carbocycles. The lowest BCUT2D eigenvalue weighted by molar-refractivity contribution is -0.164. The zero-order valence-electron chi connectivity index (χ0n) is 20.5. The highest BCUT2D eigenvalue weighted by molar-refractivity contribution is 6.31. The molecule has 0 bridgehead atoms. The third-order valence-electron chi connectivity index (χ3n) is 7.72. The second kappa shape index (κ2) is 9.58. The van der Waals surface area contributed by atoms with Crippen molar-refractivity contribution in [2.45, 2.75) is 71.4 Å². The van der Waals surface area contributed by atoms with Gasteiger partial charge in [0.15, 0.2) is 0 Å². The van der Waals surface area contributed by atoms with Crippen LogP contribution in [0.4, 0.5) is 0 Å². The lowest BCUT2D eigenvalue weighted by Crippen LogP contribution is -2.74. The van der Waals surface area contributed by atoms with Gasteiger partial charge >= 0.3 is 0 Å². The maximum atomic E-state index is 13.0. The van der Waals surface area contributed by atoms with Crippen LogP contribution in [0.2, 0.25) is 5.02 Å². The standard InChI is InChI=1S/C27H31ClN4O3/c1-26(2)24(27(3,4)25(26)35-19-10-9-18(12-29)20(28)11-19)32-23(34)22-14-30-21(13-31-22)17-7-5-16(15-33)6-8-17/h9-11,13-17,24-25H,5-8H2,1-4H3,(H,32,34). The van der Waals surface area contributed by atoms with Crippen LogP contribution in [0.15, 0.2) is 30.6 Å². The fourth-order valence-corrected chi connectivity index (χ4v) is 6.23. The molecule has 0 radical (unpaired) electrons. The third kappa shape index (κ3) is 4.77. The van der Waals surface area contributed by atoms with Gasteiger partial charge in [0, 0.05) is 41.0 Å². The zero-order valence-corrected chi connectivity index (χ0v) is 21.3. The molecule has 2 aromatic rings. The minimum absolute atomic E-state index is 0.151. The lowest BCUT2D eigenvalue weighted by atomic mass is 9.49. The van der Waals surface area contributed by atoms with Crippen LogP contribution in [0, 0.1) is 28.1 Å². The smallest absolute Gasteiger partial charge is 0.271 e. The number of hydrogen-bond acceptors (Lipinski definition) is 6. The summed E-state index contributed by atoms with van der Waals surface area (Å²) < 4.78 is 6.28. The van der Waals surface area contributed by atoms with E-state index in [4.69, 9.17) is 21.6 Å². The molecular formula is C27H31ClN4O3. The number of carbonyl (C=O) groups is 2. The molecule has 184 valence electrons. The first kappa shape index (κ1) is 25.1. The van der Waals surface area contributed by atoms with Crippen LogP contribution in [0.1, 0.15) is 81.0 Å². The molecule has 0 aliphatic heterocycles. The number of carbonyl (C=O) groups excluding carboxylic acids is 2. The van der Waals surface area contributed by atoms with Gasteiger partial charge in [0.05, 0.1) is 22.5 Å². The number of hydrogen-bond donors (Lipinski definition) is 1. The maximum Gasteiger partial charge on any atom is 0.271 e. The molecule has 35 heavy (non-hydrogen) atoms. The fourth-order valence-electron chi connectivity index (χ4n) is 6.02. The van der Waals surface area contributed by atoms with E-state index in [9.17, 15) is 9.59 Å². The van der Waals surface area contributed by atoms with Crippen molar-refractivity contribution in [3.63, 3.8) is 0 Å². The van der Waals surface area contributed by atoms with Gasteiger partial charge in [-0.3, -0.25) is 9.78 Å². The molecule has 0 atom stereocenters. The van der Waals surface area contributed by atoms with Gasteiger partial charge in [0.25, 0.3) is 5.91 Å². The Bertz CT molecular complexity index is 1130. The van der Waals surface area contributed by atoms with Crippen molar-refractivity contribution in [1.29, 1.82) is 5.26 Å². The molecule has 0 spiro atoms. The number of rotatable bonds is 6. The van der Waals surface area contributed by atoms with Crippen molar-refractivity contribution in [1.82, 2.24) is 15.3 Å². The minimum Gasteiger partial charge on any atom is -0.489 e. The Hall–Kier alpha value is -2.98. The van der Waals surface area contributed by atoms with Crippen LogP contribution in [0.5, 0.6) is 5.75 Å². The van der Waals surface area contributed by atoms with Gasteiger partial charge < -0.3 is 14.8 Å². The van der Waals surface area contributed by atoms with E-state index in [0.29, 0.717) is 16.3 Å². The predicted octanol–water partition coefficient (Wildman–Crippen LogP) is 5.09. The number of ether oxygens (including phenoxy) is 1. The predicted molar refractivity (Wildman–Crippen MR) is 132 cm³/mol. The van der Waals surface area contributed by atoms with E-state index in [0.717, 1.165) is 37.7 Å². The molecule has 7 nitrogen and oxygen atoms in total. The Morgan fingerprint density at radius 2 is 1.83 bits per heavy atom. The number of amides is 1. The molecule has 1 heterocycles. The van der Waals surface area contributed by atoms with E-state index < -0.39 is 0 Å². The van der Waals surface area contributed by atoms with Crippen LogP contribution in [-0.4, -0.2) is 34.3 Å². The summed E-state index contributed by atoms with van der Waals surface area (Å²) in [5.41, 5.74) is 0.848. The highest BCUT2D eigenvalue weighted by atomic mass is 35.5. The number of nitriles is 1. The van der Waals surface area contributed by atoms with Crippen LogP contribution in [0.3, 0.4) is 0 Å². The largest absolute Gasteiger partial charge is 0.489 e. The summed E-state index contributed by atoms with van der Waals surface area (Å²) in [6, 6.07) is 6.94. The van der Waals surface area contributed by atoms with E-state index in [-0.39, 0.29) is 46.4 Å². The van der Waals surface area contributed by atoms with E-state index in [1.165, 1.54) is 0 Å². The molecule has 1 amide bonds. The van der Waals surface area contributed by atoms with Crippen LogP contribution < -0.4 is 10.1 Å². The average molecular weight is 495 g/mol. The Morgan fingerprint density at radius 1 is 1.14 bits per heavy atom. The summed E-state index contributed by atoms with van der Waals surface area (Å²) in [4.78, 5) is 32.9. The van der Waals surface area contributed by atoms with Gasteiger partial charge in [-0.2, -0.15) is 5.26 Å². The lowest BCUT2D eigenvalue weighted by Gasteiger charge is -2.63. The normalized spacial score (nSPS) is 26.6. The molecule has 1 aromatic heterocycles. The van der Waals surface area contributed by atoms with Gasteiger partial charge in [-0.05, 0) is 37.8 Å². The SMILES string of the molecule is CC1(C)C(NC(=O)c2cnc(C3CCC(C=O)CC3)cn2)C(C)(C)C1Oc1ccc(C#N)c(Cl)c1. The summed E-state index contributed by atoms with van der Waals surface area (Å²) in [5.74, 6) is 0.766. The molecule has 8 heteroatoms. The van der Waals surface area contributed by atoms with E-state index in [1.807, 2.05) is 6.07 Å². The topological polar surface area (TPSA) is 105 Å². The Labute approximate surface area is 211 Å². The number of nitrogens with zero attached hydrogens (tertiary/aromatic N) is 3. The molecule has 2 saturated carbocycles. The molecular weight excluding hydrogens is 464 g/mol. The zero-order chi connectivity index (χ0) is 25.4. The van der Waals surface area contributed by atoms with Crippen molar-refractivity contribution in [3.8, 4) is 11.8 Å². The quantitative estimate of drug-likeness (QED) is 0.561. The van der Waals surface area contributed by atoms with Crippen molar-refractivity contribution in [2.75, 3.05) is 0 Å². The van der Waals surface area contributed by atoms with E-state index in [1.54, 1.807) is 30.6 Å². The summed E-state index contributed by atoms with van der Waals surface area (Å²) in [6.45, 7) is 8.24.